The van der Waals surface area contributed by atoms with Gasteiger partial charge in [0.05, 0.1) is 16.8 Å². The van der Waals surface area contributed by atoms with Crippen LogP contribution in [0, 0.1) is 25.2 Å². The summed E-state index contributed by atoms with van der Waals surface area (Å²) in [5, 5.41) is 19.6. The minimum absolute atomic E-state index is 0.104. The zero-order chi connectivity index (χ0) is 17.6. The molecule has 0 atom stereocenters. The Balaban J connectivity index is 2.54. The highest BCUT2D eigenvalue weighted by atomic mass is 16.3. The normalized spacial score (nSPS) is 10.7. The Morgan fingerprint density at radius 1 is 1.38 bits per heavy atom. The molecule has 0 spiro atoms. The van der Waals surface area contributed by atoms with E-state index in [9.17, 15) is 9.90 Å². The maximum atomic E-state index is 11.9. The molecule has 0 saturated heterocycles. The number of rotatable bonds is 2. The molecule has 120 valence electrons. The van der Waals surface area contributed by atoms with Crippen LogP contribution in [0.5, 0.6) is 5.75 Å². The molecule has 2 heterocycles. The molecule has 0 aliphatic carbocycles. The molecule has 3 rings (SSSR count). The summed E-state index contributed by atoms with van der Waals surface area (Å²) in [6.45, 7) is 3.61. The smallest absolute Gasteiger partial charge is 0.253 e. The van der Waals surface area contributed by atoms with E-state index >= 15 is 0 Å². The van der Waals surface area contributed by atoms with Crippen molar-refractivity contribution in [2.24, 2.45) is 5.73 Å². The van der Waals surface area contributed by atoms with E-state index in [2.05, 4.69) is 4.98 Å². The molecule has 3 aromatic rings. The van der Waals surface area contributed by atoms with E-state index in [1.165, 1.54) is 6.20 Å². The number of anilines is 1. The molecule has 0 saturated carbocycles. The number of hydrogen-bond acceptors (Lipinski definition) is 5. The molecule has 0 aliphatic heterocycles. The summed E-state index contributed by atoms with van der Waals surface area (Å²) in [5.41, 5.74) is 14.6. The SMILES string of the molecule is Cc1ccc(O)c(C)c1-n1c(N)c(C(N)=O)c2cnc(C#N)cc21. The molecule has 1 aromatic carbocycles. The van der Waals surface area contributed by atoms with E-state index in [1.807, 2.05) is 13.0 Å². The monoisotopic (exact) mass is 321 g/mol. The number of nitriles is 1. The van der Waals surface area contributed by atoms with E-state index in [4.69, 9.17) is 16.7 Å². The van der Waals surface area contributed by atoms with Crippen molar-refractivity contribution < 1.29 is 9.90 Å². The van der Waals surface area contributed by atoms with Gasteiger partial charge in [-0.1, -0.05) is 6.07 Å². The quantitative estimate of drug-likeness (QED) is 0.663. The third kappa shape index (κ3) is 2.05. The van der Waals surface area contributed by atoms with Crippen molar-refractivity contribution in [1.82, 2.24) is 9.55 Å². The predicted molar refractivity (Wildman–Crippen MR) is 89.9 cm³/mol. The van der Waals surface area contributed by atoms with Crippen LogP contribution in [0.1, 0.15) is 27.2 Å². The molecule has 1 amide bonds. The maximum Gasteiger partial charge on any atom is 0.253 e. The van der Waals surface area contributed by atoms with Crippen LogP contribution in [0.25, 0.3) is 16.6 Å². The molecule has 7 nitrogen and oxygen atoms in total. The molecule has 0 fully saturated rings. The van der Waals surface area contributed by atoms with Gasteiger partial charge in [0.15, 0.2) is 0 Å². The second-order valence-corrected chi connectivity index (χ2v) is 5.53. The van der Waals surface area contributed by atoms with Gasteiger partial charge in [0.25, 0.3) is 5.91 Å². The van der Waals surface area contributed by atoms with E-state index in [1.54, 1.807) is 29.7 Å². The fourth-order valence-corrected chi connectivity index (χ4v) is 2.93. The topological polar surface area (TPSA) is 131 Å². The summed E-state index contributed by atoms with van der Waals surface area (Å²) < 4.78 is 1.63. The van der Waals surface area contributed by atoms with E-state index in [-0.39, 0.29) is 22.8 Å². The molecule has 7 heteroatoms. The van der Waals surface area contributed by atoms with Crippen LogP contribution in [0.2, 0.25) is 0 Å². The second-order valence-electron chi connectivity index (χ2n) is 5.53. The number of hydrogen-bond donors (Lipinski definition) is 3. The lowest BCUT2D eigenvalue weighted by Crippen LogP contribution is -2.14. The Bertz CT molecular complexity index is 1040. The highest BCUT2D eigenvalue weighted by Gasteiger charge is 2.23. The van der Waals surface area contributed by atoms with E-state index in [0.717, 1.165) is 5.56 Å². The van der Waals surface area contributed by atoms with Gasteiger partial charge >= 0.3 is 0 Å². The molecule has 5 N–H and O–H groups in total. The Morgan fingerprint density at radius 2 is 2.08 bits per heavy atom. The summed E-state index contributed by atoms with van der Waals surface area (Å²) in [7, 11) is 0. The van der Waals surface area contributed by atoms with Crippen LogP contribution in [-0.4, -0.2) is 20.6 Å². The van der Waals surface area contributed by atoms with Crippen molar-refractivity contribution in [3.63, 3.8) is 0 Å². The third-order valence-electron chi connectivity index (χ3n) is 4.08. The maximum absolute atomic E-state index is 11.9. The average molecular weight is 321 g/mol. The van der Waals surface area contributed by atoms with Crippen molar-refractivity contribution in [1.29, 1.82) is 5.26 Å². The number of nitrogens with two attached hydrogens (primary N) is 2. The van der Waals surface area contributed by atoms with Gasteiger partial charge in [0, 0.05) is 17.1 Å². The lowest BCUT2D eigenvalue weighted by atomic mass is 10.1. The van der Waals surface area contributed by atoms with Crippen LogP contribution < -0.4 is 11.5 Å². The first-order valence-corrected chi connectivity index (χ1v) is 7.16. The van der Waals surface area contributed by atoms with Crippen molar-refractivity contribution in [3.05, 3.63) is 46.8 Å². The first kappa shape index (κ1) is 15.4. The molecule has 0 aliphatic rings. The number of phenols is 1. The number of primary amides is 1. The number of nitrogens with zero attached hydrogens (tertiary/aromatic N) is 3. The average Bonchev–Trinajstić information content (AvgIpc) is 2.83. The highest BCUT2D eigenvalue weighted by Crippen LogP contribution is 2.36. The molecular formula is C17H15N5O2. The van der Waals surface area contributed by atoms with Gasteiger partial charge < -0.3 is 16.6 Å². The van der Waals surface area contributed by atoms with Crippen LogP contribution in [0.3, 0.4) is 0 Å². The summed E-state index contributed by atoms with van der Waals surface area (Å²) in [6.07, 6.45) is 1.41. The number of pyridine rings is 1. The zero-order valence-corrected chi connectivity index (χ0v) is 13.2. The first-order valence-electron chi connectivity index (χ1n) is 7.16. The zero-order valence-electron chi connectivity index (χ0n) is 13.2. The van der Waals surface area contributed by atoms with Crippen molar-refractivity contribution >= 4 is 22.6 Å². The number of carbonyl (C=O) groups is 1. The van der Waals surface area contributed by atoms with Gasteiger partial charge in [-0.15, -0.1) is 0 Å². The summed E-state index contributed by atoms with van der Waals surface area (Å²) in [6, 6.07) is 6.85. The van der Waals surface area contributed by atoms with E-state index in [0.29, 0.717) is 22.2 Å². The Morgan fingerprint density at radius 3 is 2.71 bits per heavy atom. The summed E-state index contributed by atoms with van der Waals surface area (Å²) in [5.74, 6) is -0.434. The van der Waals surface area contributed by atoms with Crippen molar-refractivity contribution in [3.8, 4) is 17.5 Å². The first-order chi connectivity index (χ1) is 11.4. The number of phenolic OH excluding ortho intramolecular Hbond substituents is 1. The van der Waals surface area contributed by atoms with Gasteiger partial charge in [0.1, 0.15) is 23.3 Å². The largest absolute Gasteiger partial charge is 0.508 e. The molecular weight excluding hydrogens is 306 g/mol. The van der Waals surface area contributed by atoms with Crippen molar-refractivity contribution in [2.45, 2.75) is 13.8 Å². The lowest BCUT2D eigenvalue weighted by molar-refractivity contribution is 0.100. The minimum atomic E-state index is -0.682. The van der Waals surface area contributed by atoms with Gasteiger partial charge in [-0.05, 0) is 31.5 Å². The molecule has 0 bridgehead atoms. The van der Waals surface area contributed by atoms with Gasteiger partial charge in [-0.3, -0.25) is 9.36 Å². The molecule has 0 unspecified atom stereocenters. The number of amides is 1. The number of fused-ring (bicyclic) bond motifs is 1. The van der Waals surface area contributed by atoms with Gasteiger partial charge in [0.2, 0.25) is 0 Å². The van der Waals surface area contributed by atoms with Crippen LogP contribution in [-0.2, 0) is 0 Å². The fourth-order valence-electron chi connectivity index (χ4n) is 2.93. The number of carbonyl (C=O) groups excluding carboxylic acids is 1. The molecule has 0 radical (unpaired) electrons. The van der Waals surface area contributed by atoms with Crippen molar-refractivity contribution in [2.75, 3.05) is 5.73 Å². The number of aromatic nitrogens is 2. The standard InChI is InChI=1S/C17H15N5O2/c1-8-3-4-13(23)9(2)15(8)22-12-5-10(6-18)21-7-11(12)14(16(22)19)17(20)24/h3-5,7,23H,19H2,1-2H3,(H2,20,24). The van der Waals surface area contributed by atoms with Crippen LogP contribution in [0.15, 0.2) is 24.4 Å². The number of nitrogen functional groups attached to an aromatic ring is 1. The Labute approximate surface area is 137 Å². The highest BCUT2D eigenvalue weighted by molar-refractivity contribution is 6.11. The van der Waals surface area contributed by atoms with Gasteiger partial charge in [-0.25, -0.2) is 4.98 Å². The fraction of sp³-hybridized carbons (Fsp3) is 0.118. The Kier molecular flexibility index (Phi) is 3.38. The minimum Gasteiger partial charge on any atom is -0.508 e. The second kappa shape index (κ2) is 5.28. The summed E-state index contributed by atoms with van der Waals surface area (Å²) in [4.78, 5) is 15.9. The number of aryl methyl sites for hydroxylation is 1. The van der Waals surface area contributed by atoms with Crippen LogP contribution in [0.4, 0.5) is 5.82 Å². The lowest BCUT2D eigenvalue weighted by Gasteiger charge is -2.15. The van der Waals surface area contributed by atoms with E-state index < -0.39 is 5.91 Å². The number of aromatic hydroxyl groups is 1. The van der Waals surface area contributed by atoms with Crippen LogP contribution >= 0.6 is 0 Å². The number of benzene rings is 1. The predicted octanol–water partition coefficient (Wildman–Crippen LogP) is 1.90. The Hall–Kier alpha value is -3.53. The van der Waals surface area contributed by atoms with Gasteiger partial charge in [-0.2, -0.15) is 5.26 Å². The third-order valence-corrected chi connectivity index (χ3v) is 4.08. The molecule has 2 aromatic heterocycles. The molecule has 24 heavy (non-hydrogen) atoms. The summed E-state index contributed by atoms with van der Waals surface area (Å²) >= 11 is 0.